The van der Waals surface area contributed by atoms with Gasteiger partial charge in [-0.05, 0) is 59.9 Å². The van der Waals surface area contributed by atoms with Crippen LogP contribution in [0.3, 0.4) is 0 Å². The molecule has 4 atom stereocenters. The minimum absolute atomic E-state index is 0.0863. The summed E-state index contributed by atoms with van der Waals surface area (Å²) in [5, 5.41) is 0.618. The summed E-state index contributed by atoms with van der Waals surface area (Å²) in [5.74, 6) is 3.47. The molecule has 0 aromatic heterocycles. The molecule has 6 nitrogen and oxygen atoms in total. The van der Waals surface area contributed by atoms with Gasteiger partial charge in [0.25, 0.3) is 0 Å². The maximum Gasteiger partial charge on any atom is 0.416 e. The smallest absolute Gasteiger partial charge is 0.294 e. The van der Waals surface area contributed by atoms with Gasteiger partial charge in [0.05, 0.1) is 0 Å². The zero-order valence-electron chi connectivity index (χ0n) is 16.7. The van der Waals surface area contributed by atoms with Gasteiger partial charge in [-0.25, -0.2) is 5.84 Å². The van der Waals surface area contributed by atoms with Crippen molar-refractivity contribution in [3.63, 3.8) is 0 Å². The molecule has 1 heterocycles. The molecule has 4 rings (SSSR count). The Hall–Kier alpha value is -1.88. The van der Waals surface area contributed by atoms with E-state index in [0.29, 0.717) is 17.0 Å². The van der Waals surface area contributed by atoms with E-state index in [9.17, 15) is 22.8 Å². The van der Waals surface area contributed by atoms with Gasteiger partial charge in [0.2, 0.25) is 5.91 Å². The maximum absolute atomic E-state index is 13.7. The van der Waals surface area contributed by atoms with Crippen molar-refractivity contribution < 1.29 is 27.6 Å². The molecule has 0 bridgehead atoms. The van der Waals surface area contributed by atoms with Gasteiger partial charge >= 0.3 is 6.18 Å². The SMILES string of the molecule is NNC(=O)C1CC1c1cc(C(=O)C2(c3cc(Cl)cc(Cl)c3)CC(C(F)(F)F)ON2)ccc1Cl. The number of rotatable bonds is 5. The number of nitrogens with two attached hydrogens (primary N) is 1. The van der Waals surface area contributed by atoms with Crippen molar-refractivity contribution in [2.24, 2.45) is 11.8 Å². The van der Waals surface area contributed by atoms with Crippen LogP contribution in [-0.4, -0.2) is 24.0 Å². The van der Waals surface area contributed by atoms with Gasteiger partial charge in [-0.15, -0.1) is 0 Å². The first-order valence-corrected chi connectivity index (χ1v) is 10.9. The molecular weight excluding hydrogens is 506 g/mol. The van der Waals surface area contributed by atoms with Gasteiger partial charge in [0.15, 0.2) is 11.9 Å². The Kier molecular flexibility index (Phi) is 6.41. The molecule has 1 aliphatic carbocycles. The number of nitrogens with one attached hydrogen (secondary N) is 2. The predicted molar refractivity (Wildman–Crippen MR) is 116 cm³/mol. The van der Waals surface area contributed by atoms with E-state index in [1.807, 2.05) is 0 Å². The molecule has 1 aliphatic heterocycles. The molecule has 4 N–H and O–H groups in total. The Morgan fingerprint density at radius 2 is 1.79 bits per heavy atom. The largest absolute Gasteiger partial charge is 0.416 e. The summed E-state index contributed by atoms with van der Waals surface area (Å²) in [5.41, 5.74) is 3.22. The zero-order valence-corrected chi connectivity index (χ0v) is 18.9. The van der Waals surface area contributed by atoms with Crippen molar-refractivity contribution in [2.75, 3.05) is 0 Å². The first kappa shape index (κ1) is 24.3. The number of benzene rings is 2. The number of amides is 1. The minimum atomic E-state index is -4.71. The van der Waals surface area contributed by atoms with Crippen LogP contribution in [0.4, 0.5) is 13.2 Å². The van der Waals surface area contributed by atoms with Crippen LogP contribution in [0.15, 0.2) is 36.4 Å². The highest BCUT2D eigenvalue weighted by molar-refractivity contribution is 6.34. The molecule has 12 heteroatoms. The quantitative estimate of drug-likeness (QED) is 0.230. The Morgan fingerprint density at radius 3 is 2.36 bits per heavy atom. The van der Waals surface area contributed by atoms with Gasteiger partial charge < -0.3 is 0 Å². The molecule has 4 unspecified atom stereocenters. The number of carbonyl (C=O) groups is 2. The lowest BCUT2D eigenvalue weighted by atomic mass is 9.79. The lowest BCUT2D eigenvalue weighted by Gasteiger charge is -2.28. The van der Waals surface area contributed by atoms with Crippen molar-refractivity contribution in [3.05, 3.63) is 68.2 Å². The molecule has 0 radical (unpaired) electrons. The van der Waals surface area contributed by atoms with Crippen LogP contribution in [0.2, 0.25) is 15.1 Å². The predicted octanol–water partition coefficient (Wildman–Crippen LogP) is 4.67. The monoisotopic (exact) mass is 521 g/mol. The highest BCUT2D eigenvalue weighted by Gasteiger charge is 2.56. The van der Waals surface area contributed by atoms with Gasteiger partial charge in [0, 0.05) is 33.0 Å². The molecule has 176 valence electrons. The van der Waals surface area contributed by atoms with Crippen LogP contribution < -0.4 is 16.7 Å². The Labute approximate surface area is 201 Å². The van der Waals surface area contributed by atoms with Gasteiger partial charge in [-0.2, -0.15) is 18.7 Å². The number of halogens is 6. The molecule has 1 saturated carbocycles. The van der Waals surface area contributed by atoms with Crippen LogP contribution >= 0.6 is 34.8 Å². The average molecular weight is 523 g/mol. The molecule has 1 saturated heterocycles. The molecule has 2 aromatic carbocycles. The third-order valence-electron chi connectivity index (χ3n) is 5.90. The van der Waals surface area contributed by atoms with Crippen LogP contribution in [0.25, 0.3) is 0 Å². The number of alkyl halides is 3. The van der Waals surface area contributed by atoms with Crippen molar-refractivity contribution >= 4 is 46.5 Å². The topological polar surface area (TPSA) is 93.5 Å². The Balaban J connectivity index is 1.76. The number of hydrazine groups is 1. The van der Waals surface area contributed by atoms with Crippen LogP contribution in [0, 0.1) is 5.92 Å². The van der Waals surface area contributed by atoms with Gasteiger partial charge in [0.1, 0.15) is 5.54 Å². The standard InChI is InChI=1S/C21H17Cl3F3N3O3/c22-11-4-10(5-12(23)6-11)20(8-17(33-30-20)21(25,26)27)18(31)9-1-2-16(24)14(3-9)13-7-15(13)19(32)29-28/h1-6,13,15,17,30H,7-8,28H2,(H,29,32). The highest BCUT2D eigenvalue weighted by atomic mass is 35.5. The summed E-state index contributed by atoms with van der Waals surface area (Å²) in [6.07, 6.45) is -7.19. The zero-order chi connectivity index (χ0) is 24.1. The van der Waals surface area contributed by atoms with Crippen molar-refractivity contribution in [3.8, 4) is 0 Å². The maximum atomic E-state index is 13.7. The van der Waals surface area contributed by atoms with E-state index >= 15 is 0 Å². The Bertz CT molecular complexity index is 1110. The summed E-state index contributed by atoms with van der Waals surface area (Å²) < 4.78 is 40.3. The van der Waals surface area contributed by atoms with E-state index in [2.05, 4.69) is 10.9 Å². The van der Waals surface area contributed by atoms with Gasteiger partial charge in [-0.1, -0.05) is 34.8 Å². The highest BCUT2D eigenvalue weighted by Crippen LogP contribution is 2.50. The number of hydrogen-bond acceptors (Lipinski definition) is 5. The Morgan fingerprint density at radius 1 is 1.12 bits per heavy atom. The summed E-state index contributed by atoms with van der Waals surface area (Å²) in [6, 6.07) is 8.48. The fourth-order valence-electron chi connectivity index (χ4n) is 4.11. The fourth-order valence-corrected chi connectivity index (χ4v) is 4.90. The number of Topliss-reactive ketones (excluding diaryl/α,β-unsaturated/α-hetero) is 1. The second kappa shape index (κ2) is 8.72. The number of ketones is 1. The number of hydroxylamine groups is 1. The first-order chi connectivity index (χ1) is 15.5. The average Bonchev–Trinajstić information content (AvgIpc) is 3.39. The summed E-state index contributed by atoms with van der Waals surface area (Å²) >= 11 is 18.4. The van der Waals surface area contributed by atoms with E-state index < -0.39 is 35.9 Å². The van der Waals surface area contributed by atoms with Gasteiger partial charge in [-0.3, -0.25) is 19.9 Å². The molecule has 2 fully saturated rings. The third-order valence-corrected chi connectivity index (χ3v) is 6.68. The van der Waals surface area contributed by atoms with Crippen molar-refractivity contribution in [1.29, 1.82) is 0 Å². The molecule has 2 aromatic rings. The van der Waals surface area contributed by atoms with E-state index in [-0.39, 0.29) is 33.0 Å². The number of carbonyl (C=O) groups excluding carboxylic acids is 2. The van der Waals surface area contributed by atoms with Crippen molar-refractivity contribution in [2.45, 2.75) is 36.6 Å². The molecule has 33 heavy (non-hydrogen) atoms. The summed E-state index contributed by atoms with van der Waals surface area (Å²) in [7, 11) is 0. The van der Waals surface area contributed by atoms with E-state index in [1.54, 1.807) is 0 Å². The van der Waals surface area contributed by atoms with Crippen LogP contribution in [0.5, 0.6) is 0 Å². The first-order valence-electron chi connectivity index (χ1n) is 9.77. The van der Waals surface area contributed by atoms with Crippen LogP contribution in [-0.2, 0) is 15.2 Å². The summed E-state index contributed by atoms with van der Waals surface area (Å²) in [6.45, 7) is 0. The second-order valence-electron chi connectivity index (χ2n) is 8.04. The molecule has 2 aliphatic rings. The lowest BCUT2D eigenvalue weighted by Crippen LogP contribution is -2.44. The number of hydrogen-bond donors (Lipinski definition) is 3. The third kappa shape index (κ3) is 4.58. The molecule has 0 spiro atoms. The molecule has 1 amide bonds. The molecular formula is C21H17Cl3F3N3O3. The minimum Gasteiger partial charge on any atom is -0.294 e. The normalized spacial score (nSPS) is 26.8. The van der Waals surface area contributed by atoms with E-state index in [0.717, 1.165) is 0 Å². The summed E-state index contributed by atoms with van der Waals surface area (Å²) in [4.78, 5) is 30.3. The van der Waals surface area contributed by atoms with Crippen molar-refractivity contribution in [1.82, 2.24) is 10.9 Å². The lowest BCUT2D eigenvalue weighted by molar-refractivity contribution is -0.218. The second-order valence-corrected chi connectivity index (χ2v) is 9.32. The van der Waals surface area contributed by atoms with E-state index in [1.165, 1.54) is 36.4 Å². The van der Waals surface area contributed by atoms with Crippen LogP contribution in [0.1, 0.15) is 40.2 Å². The van der Waals surface area contributed by atoms with E-state index in [4.69, 9.17) is 45.5 Å². The fraction of sp³-hybridized carbons (Fsp3) is 0.333.